The molecule has 0 spiro atoms. The highest BCUT2D eigenvalue weighted by Crippen LogP contribution is 2.44. The van der Waals surface area contributed by atoms with Crippen molar-refractivity contribution < 1.29 is 14.3 Å². The van der Waals surface area contributed by atoms with Gasteiger partial charge in [-0.15, -0.1) is 0 Å². The van der Waals surface area contributed by atoms with Crippen LogP contribution in [0, 0.1) is 5.92 Å². The first kappa shape index (κ1) is 21.0. The van der Waals surface area contributed by atoms with E-state index in [1.807, 2.05) is 27.0 Å². The molecule has 4 rings (SSSR count). The van der Waals surface area contributed by atoms with E-state index in [0.717, 1.165) is 36.7 Å². The van der Waals surface area contributed by atoms with E-state index in [1.54, 1.807) is 12.0 Å². The summed E-state index contributed by atoms with van der Waals surface area (Å²) in [6.07, 6.45) is 8.13. The molecule has 3 heterocycles. The van der Waals surface area contributed by atoms with Gasteiger partial charge in [0.1, 0.15) is 11.2 Å². The second-order valence-corrected chi connectivity index (χ2v) is 9.65. The molecule has 1 amide bonds. The summed E-state index contributed by atoms with van der Waals surface area (Å²) in [7, 11) is 1.78. The minimum atomic E-state index is -0.456. The number of nitrogens with zero attached hydrogens (tertiary/aromatic N) is 2. The lowest BCUT2D eigenvalue weighted by Crippen LogP contribution is -2.44. The first-order valence-electron chi connectivity index (χ1n) is 11.0. The van der Waals surface area contributed by atoms with E-state index < -0.39 is 5.60 Å². The zero-order valence-electron chi connectivity index (χ0n) is 18.5. The number of rotatable bonds is 6. The van der Waals surface area contributed by atoms with Crippen molar-refractivity contribution in [2.75, 3.05) is 32.1 Å². The lowest BCUT2D eigenvalue weighted by Gasteiger charge is -2.34. The fourth-order valence-corrected chi connectivity index (χ4v) is 4.34. The van der Waals surface area contributed by atoms with Crippen LogP contribution in [0.2, 0.25) is 0 Å². The summed E-state index contributed by atoms with van der Waals surface area (Å²) in [6.45, 7) is 7.86. The lowest BCUT2D eigenvalue weighted by molar-refractivity contribution is 0.0210. The van der Waals surface area contributed by atoms with E-state index in [0.29, 0.717) is 25.0 Å². The first-order chi connectivity index (χ1) is 14.3. The molecular weight excluding hydrogens is 380 g/mol. The summed E-state index contributed by atoms with van der Waals surface area (Å²) >= 11 is 0. The van der Waals surface area contributed by atoms with Crippen molar-refractivity contribution in [2.24, 2.45) is 5.92 Å². The Morgan fingerprint density at radius 2 is 2.03 bits per heavy atom. The van der Waals surface area contributed by atoms with Gasteiger partial charge in [-0.25, -0.2) is 9.78 Å². The molecule has 164 valence electrons. The minimum absolute atomic E-state index is 0.217. The largest absolute Gasteiger partial charge is 0.444 e. The third-order valence-electron chi connectivity index (χ3n) is 6.02. The number of hydrogen-bond acceptors (Lipinski definition) is 5. The molecule has 1 saturated carbocycles. The maximum atomic E-state index is 12.3. The highest BCUT2D eigenvalue weighted by atomic mass is 16.6. The van der Waals surface area contributed by atoms with E-state index in [9.17, 15) is 4.79 Å². The van der Waals surface area contributed by atoms with Crippen LogP contribution >= 0.6 is 0 Å². The van der Waals surface area contributed by atoms with Gasteiger partial charge in [-0.2, -0.15) is 0 Å². The number of anilines is 1. The van der Waals surface area contributed by atoms with Gasteiger partial charge in [0.15, 0.2) is 0 Å². The summed E-state index contributed by atoms with van der Waals surface area (Å²) < 4.78 is 11.0. The average Bonchev–Trinajstić information content (AvgIpc) is 3.45. The predicted octanol–water partition coefficient (Wildman–Crippen LogP) is 4.51. The molecule has 1 unspecified atom stereocenters. The van der Waals surface area contributed by atoms with Gasteiger partial charge >= 0.3 is 6.09 Å². The van der Waals surface area contributed by atoms with Crippen LogP contribution < -0.4 is 5.32 Å². The van der Waals surface area contributed by atoms with Crippen LogP contribution in [-0.2, 0) is 9.47 Å². The van der Waals surface area contributed by atoms with Gasteiger partial charge in [0.2, 0.25) is 0 Å². The normalized spacial score (nSPS) is 19.1. The molecule has 2 N–H and O–H groups in total. The number of amides is 1. The highest BCUT2D eigenvalue weighted by Gasteiger charge is 2.34. The zero-order chi connectivity index (χ0) is 21.3. The summed E-state index contributed by atoms with van der Waals surface area (Å²) in [5.74, 6) is 1.15. The number of methoxy groups -OCH3 is 1. The van der Waals surface area contributed by atoms with Crippen LogP contribution in [0.25, 0.3) is 11.0 Å². The van der Waals surface area contributed by atoms with E-state index in [1.165, 1.54) is 23.8 Å². The lowest BCUT2D eigenvalue weighted by atomic mass is 9.95. The number of carbonyl (C=O) groups excluding carboxylic acids is 1. The van der Waals surface area contributed by atoms with Crippen LogP contribution in [0.5, 0.6) is 0 Å². The number of likely N-dealkylation sites (tertiary alicyclic amines) is 1. The van der Waals surface area contributed by atoms with Gasteiger partial charge in [-0.3, -0.25) is 0 Å². The highest BCUT2D eigenvalue weighted by molar-refractivity contribution is 5.83. The first-order valence-corrected chi connectivity index (χ1v) is 11.0. The minimum Gasteiger partial charge on any atom is -0.444 e. The Labute approximate surface area is 178 Å². The Morgan fingerprint density at radius 1 is 1.30 bits per heavy atom. The number of pyridine rings is 1. The number of hydrogen-bond donors (Lipinski definition) is 2. The predicted molar refractivity (Wildman–Crippen MR) is 118 cm³/mol. The number of piperidine rings is 1. The molecule has 2 fully saturated rings. The summed E-state index contributed by atoms with van der Waals surface area (Å²) in [5, 5.41) is 4.81. The molecule has 0 bridgehead atoms. The SMILES string of the molecule is COCC(c1c[nH]c2ncc(NC3CCN(C(=O)OC(C)(C)C)CC3)cc12)C1CC1. The van der Waals surface area contributed by atoms with Crippen LogP contribution in [0.15, 0.2) is 18.5 Å². The molecule has 2 aromatic rings. The van der Waals surface area contributed by atoms with Crippen molar-refractivity contribution in [3.8, 4) is 0 Å². The van der Waals surface area contributed by atoms with Crippen molar-refractivity contribution in [3.63, 3.8) is 0 Å². The van der Waals surface area contributed by atoms with Gasteiger partial charge < -0.3 is 24.7 Å². The standard InChI is InChI=1S/C23H34N4O3/c1-23(2,3)30-22(28)27-9-7-16(8-10-27)26-17-11-18-19(13-25-21(18)24-12-17)20(14-29-4)15-5-6-15/h11-13,15-16,20,26H,5-10,14H2,1-4H3,(H,24,25). The summed E-state index contributed by atoms with van der Waals surface area (Å²) in [5.41, 5.74) is 2.82. The molecular formula is C23H34N4O3. The van der Waals surface area contributed by atoms with Crippen molar-refractivity contribution in [3.05, 3.63) is 24.0 Å². The molecule has 0 aromatic carbocycles. The van der Waals surface area contributed by atoms with Crippen molar-refractivity contribution in [1.82, 2.24) is 14.9 Å². The number of H-pyrrole nitrogens is 1. The quantitative estimate of drug-likeness (QED) is 0.727. The third-order valence-corrected chi connectivity index (χ3v) is 6.02. The van der Waals surface area contributed by atoms with Crippen molar-refractivity contribution in [1.29, 1.82) is 0 Å². The second kappa shape index (κ2) is 8.46. The van der Waals surface area contributed by atoms with Gasteiger partial charge in [0.25, 0.3) is 0 Å². The fraction of sp³-hybridized carbons (Fsp3) is 0.652. The third kappa shape index (κ3) is 4.89. The van der Waals surface area contributed by atoms with Crippen LogP contribution in [-0.4, -0.2) is 59.4 Å². The molecule has 1 atom stereocenters. The van der Waals surface area contributed by atoms with Crippen LogP contribution in [0.1, 0.15) is 57.9 Å². The molecule has 2 aliphatic rings. The van der Waals surface area contributed by atoms with Gasteiger partial charge in [-0.1, -0.05) is 0 Å². The molecule has 1 aliphatic carbocycles. The number of ether oxygens (including phenoxy) is 2. The van der Waals surface area contributed by atoms with Crippen molar-refractivity contribution >= 4 is 22.8 Å². The molecule has 7 heteroatoms. The number of aromatic amines is 1. The topological polar surface area (TPSA) is 79.5 Å². The molecule has 0 radical (unpaired) electrons. The smallest absolute Gasteiger partial charge is 0.410 e. The van der Waals surface area contributed by atoms with E-state index in [2.05, 4.69) is 27.5 Å². The Bertz CT molecular complexity index is 876. The Morgan fingerprint density at radius 3 is 2.67 bits per heavy atom. The molecule has 1 aliphatic heterocycles. The number of carbonyl (C=O) groups is 1. The van der Waals surface area contributed by atoms with Crippen molar-refractivity contribution in [2.45, 2.75) is 64.0 Å². The van der Waals surface area contributed by atoms with Crippen LogP contribution in [0.4, 0.5) is 10.5 Å². The zero-order valence-corrected chi connectivity index (χ0v) is 18.5. The van der Waals surface area contributed by atoms with Crippen LogP contribution in [0.3, 0.4) is 0 Å². The Kier molecular flexibility index (Phi) is 5.91. The number of fused-ring (bicyclic) bond motifs is 1. The Balaban J connectivity index is 1.40. The summed E-state index contributed by atoms with van der Waals surface area (Å²) in [6, 6.07) is 2.53. The maximum Gasteiger partial charge on any atom is 0.410 e. The fourth-order valence-electron chi connectivity index (χ4n) is 4.34. The average molecular weight is 415 g/mol. The van der Waals surface area contributed by atoms with Gasteiger partial charge in [0.05, 0.1) is 18.5 Å². The van der Waals surface area contributed by atoms with Gasteiger partial charge in [-0.05, 0) is 64.0 Å². The molecule has 1 saturated heterocycles. The van der Waals surface area contributed by atoms with E-state index >= 15 is 0 Å². The monoisotopic (exact) mass is 414 g/mol. The Hall–Kier alpha value is -2.28. The molecule has 7 nitrogen and oxygen atoms in total. The van der Waals surface area contributed by atoms with E-state index in [4.69, 9.17) is 9.47 Å². The molecule has 2 aromatic heterocycles. The number of nitrogens with one attached hydrogen (secondary N) is 2. The maximum absolute atomic E-state index is 12.3. The van der Waals surface area contributed by atoms with Gasteiger partial charge in [0, 0.05) is 43.7 Å². The number of aromatic nitrogens is 2. The summed E-state index contributed by atoms with van der Waals surface area (Å²) in [4.78, 5) is 22.0. The van der Waals surface area contributed by atoms with E-state index in [-0.39, 0.29) is 6.09 Å². The second-order valence-electron chi connectivity index (χ2n) is 9.65. The molecule has 30 heavy (non-hydrogen) atoms.